The van der Waals surface area contributed by atoms with Gasteiger partial charge in [-0.25, -0.2) is 8.78 Å². The van der Waals surface area contributed by atoms with Crippen molar-refractivity contribution in [2.45, 2.75) is 44.3 Å². The minimum absolute atomic E-state index is 0.465. The number of rotatable bonds is 5. The molecule has 0 amide bonds. The zero-order valence-corrected chi connectivity index (χ0v) is 8.55. The minimum atomic E-state index is -5.62. The van der Waals surface area contributed by atoms with E-state index in [1.165, 1.54) is 0 Å². The molecule has 0 aromatic rings. The molecule has 0 rings (SSSR count). The third kappa shape index (κ3) is 2.58. The lowest BCUT2D eigenvalue weighted by Gasteiger charge is -2.40. The molecule has 2 unspecified atom stereocenters. The topological polar surface area (TPSA) is 9.23 Å². The van der Waals surface area contributed by atoms with Crippen molar-refractivity contribution in [2.75, 3.05) is 6.67 Å². The van der Waals surface area contributed by atoms with Crippen LogP contribution in [0.3, 0.4) is 0 Å². The third-order valence-electron chi connectivity index (χ3n) is 2.50. The molecule has 16 heavy (non-hydrogen) atoms. The quantitative estimate of drug-likeness (QED) is 0.682. The van der Waals surface area contributed by atoms with Crippen LogP contribution in [0.1, 0.15) is 20.3 Å². The molecule has 0 heterocycles. The molecular formula is C8H11F7O. The molecular weight excluding hydrogens is 245 g/mol. The van der Waals surface area contributed by atoms with Crippen LogP contribution < -0.4 is 0 Å². The summed E-state index contributed by atoms with van der Waals surface area (Å²) < 4.78 is 90.0. The highest BCUT2D eigenvalue weighted by Gasteiger charge is 2.67. The molecule has 0 bridgehead atoms. The van der Waals surface area contributed by atoms with E-state index >= 15 is 0 Å². The molecule has 0 saturated carbocycles. The van der Waals surface area contributed by atoms with Crippen molar-refractivity contribution in [3.05, 3.63) is 0 Å². The predicted molar refractivity (Wildman–Crippen MR) is 41.7 cm³/mol. The first-order valence-corrected chi connectivity index (χ1v) is 4.31. The highest BCUT2D eigenvalue weighted by molar-refractivity contribution is 5.03. The van der Waals surface area contributed by atoms with Crippen LogP contribution in [0.5, 0.6) is 0 Å². The summed E-state index contributed by atoms with van der Waals surface area (Å²) in [5, 5.41) is 0. The average molecular weight is 256 g/mol. The zero-order valence-electron chi connectivity index (χ0n) is 8.55. The summed E-state index contributed by atoms with van der Waals surface area (Å²) in [7, 11) is 0. The SMILES string of the molecule is CCC(C)(OC(F)F)C(F)(CF)C(F)(F)F. The van der Waals surface area contributed by atoms with Crippen molar-refractivity contribution in [3.8, 4) is 0 Å². The van der Waals surface area contributed by atoms with Crippen LogP contribution in [0.2, 0.25) is 0 Å². The lowest BCUT2D eigenvalue weighted by Crippen LogP contribution is -2.61. The molecule has 0 N–H and O–H groups in total. The van der Waals surface area contributed by atoms with Crippen molar-refractivity contribution >= 4 is 0 Å². The second kappa shape index (κ2) is 4.77. The highest BCUT2D eigenvalue weighted by Crippen LogP contribution is 2.46. The van der Waals surface area contributed by atoms with Gasteiger partial charge in [0.2, 0.25) is 0 Å². The van der Waals surface area contributed by atoms with Crippen LogP contribution in [0.4, 0.5) is 30.7 Å². The summed E-state index contributed by atoms with van der Waals surface area (Å²) in [5.74, 6) is 0. The van der Waals surface area contributed by atoms with Gasteiger partial charge in [-0.15, -0.1) is 0 Å². The first-order valence-electron chi connectivity index (χ1n) is 4.31. The van der Waals surface area contributed by atoms with E-state index in [2.05, 4.69) is 4.74 Å². The van der Waals surface area contributed by atoms with Gasteiger partial charge in [0, 0.05) is 0 Å². The maximum atomic E-state index is 13.5. The van der Waals surface area contributed by atoms with Crippen LogP contribution in [-0.2, 0) is 4.74 Å². The van der Waals surface area contributed by atoms with Crippen molar-refractivity contribution < 1.29 is 35.5 Å². The van der Waals surface area contributed by atoms with E-state index in [9.17, 15) is 30.7 Å². The molecule has 98 valence electrons. The summed E-state index contributed by atoms with van der Waals surface area (Å²) in [4.78, 5) is 0. The molecule has 0 aromatic carbocycles. The summed E-state index contributed by atoms with van der Waals surface area (Å²) in [6, 6.07) is 0. The van der Waals surface area contributed by atoms with E-state index in [4.69, 9.17) is 0 Å². The Balaban J connectivity index is 5.32. The smallest absolute Gasteiger partial charge is 0.313 e. The fourth-order valence-electron chi connectivity index (χ4n) is 1.17. The molecule has 0 radical (unpaired) electrons. The summed E-state index contributed by atoms with van der Waals surface area (Å²) in [6.07, 6.45) is -6.38. The fraction of sp³-hybridized carbons (Fsp3) is 1.00. The second-order valence-corrected chi connectivity index (χ2v) is 3.40. The Morgan fingerprint density at radius 1 is 1.12 bits per heavy atom. The van der Waals surface area contributed by atoms with E-state index in [0.29, 0.717) is 6.92 Å². The van der Waals surface area contributed by atoms with Crippen LogP contribution in [0.25, 0.3) is 0 Å². The lowest BCUT2D eigenvalue weighted by atomic mass is 9.84. The van der Waals surface area contributed by atoms with E-state index in [1.807, 2.05) is 0 Å². The maximum absolute atomic E-state index is 13.5. The van der Waals surface area contributed by atoms with Crippen molar-refractivity contribution in [1.82, 2.24) is 0 Å². The van der Waals surface area contributed by atoms with Gasteiger partial charge >= 0.3 is 12.8 Å². The summed E-state index contributed by atoms with van der Waals surface area (Å²) in [5.41, 5.74) is -7.42. The Hall–Kier alpha value is -0.530. The minimum Gasteiger partial charge on any atom is -0.313 e. The van der Waals surface area contributed by atoms with Gasteiger partial charge in [0.15, 0.2) is 0 Å². The normalized spacial score (nSPS) is 20.6. The molecule has 0 aliphatic carbocycles. The molecule has 1 nitrogen and oxygen atoms in total. The van der Waals surface area contributed by atoms with Crippen LogP contribution >= 0.6 is 0 Å². The third-order valence-corrected chi connectivity index (χ3v) is 2.50. The molecule has 0 spiro atoms. The molecule has 2 atom stereocenters. The van der Waals surface area contributed by atoms with Gasteiger partial charge in [-0.1, -0.05) is 6.92 Å². The Labute approximate surface area is 87.6 Å². The van der Waals surface area contributed by atoms with Gasteiger partial charge in [-0.3, -0.25) is 0 Å². The van der Waals surface area contributed by atoms with Crippen LogP contribution in [-0.4, -0.2) is 30.7 Å². The van der Waals surface area contributed by atoms with Crippen molar-refractivity contribution in [1.29, 1.82) is 0 Å². The Bertz CT molecular complexity index is 229. The molecule has 0 aromatic heterocycles. The van der Waals surface area contributed by atoms with Gasteiger partial charge in [0.1, 0.15) is 12.3 Å². The second-order valence-electron chi connectivity index (χ2n) is 3.40. The molecule has 8 heteroatoms. The summed E-state index contributed by atoms with van der Waals surface area (Å²) >= 11 is 0. The molecule has 0 saturated heterocycles. The average Bonchev–Trinajstić information content (AvgIpc) is 2.13. The lowest BCUT2D eigenvalue weighted by molar-refractivity contribution is -0.329. The Morgan fingerprint density at radius 3 is 1.75 bits per heavy atom. The van der Waals surface area contributed by atoms with Gasteiger partial charge in [0.05, 0.1) is 0 Å². The van der Waals surface area contributed by atoms with E-state index < -0.39 is 37.2 Å². The van der Waals surface area contributed by atoms with Crippen molar-refractivity contribution in [3.63, 3.8) is 0 Å². The fourth-order valence-corrected chi connectivity index (χ4v) is 1.17. The maximum Gasteiger partial charge on any atom is 0.428 e. The number of ether oxygens (including phenoxy) is 1. The Kier molecular flexibility index (Phi) is 4.61. The number of hydrogen-bond acceptors (Lipinski definition) is 1. The Morgan fingerprint density at radius 2 is 1.56 bits per heavy atom. The first kappa shape index (κ1) is 15.5. The zero-order chi connectivity index (χ0) is 13.2. The predicted octanol–water partition coefficient (Wildman–Crippen LogP) is 3.63. The van der Waals surface area contributed by atoms with Crippen LogP contribution in [0, 0.1) is 0 Å². The van der Waals surface area contributed by atoms with Gasteiger partial charge in [-0.05, 0) is 13.3 Å². The van der Waals surface area contributed by atoms with E-state index in [1.54, 1.807) is 0 Å². The van der Waals surface area contributed by atoms with E-state index in [-0.39, 0.29) is 0 Å². The molecule has 0 aliphatic heterocycles. The number of alkyl halides is 7. The highest BCUT2D eigenvalue weighted by atomic mass is 19.4. The summed E-state index contributed by atoms with van der Waals surface area (Å²) in [6.45, 7) is -4.63. The van der Waals surface area contributed by atoms with E-state index in [0.717, 1.165) is 6.92 Å². The largest absolute Gasteiger partial charge is 0.428 e. The number of halogens is 7. The van der Waals surface area contributed by atoms with Gasteiger partial charge < -0.3 is 4.74 Å². The van der Waals surface area contributed by atoms with Gasteiger partial charge in [0.25, 0.3) is 5.67 Å². The molecule has 0 fully saturated rings. The van der Waals surface area contributed by atoms with Crippen LogP contribution in [0.15, 0.2) is 0 Å². The monoisotopic (exact) mass is 256 g/mol. The number of hydrogen-bond donors (Lipinski definition) is 0. The first-order chi connectivity index (χ1) is 7.04. The standard InChI is InChI=1S/C8H11F7O/c1-3-6(2,16-5(10)11)7(12,4-9)8(13,14)15/h5H,3-4H2,1-2H3. The molecule has 0 aliphatic rings. The van der Waals surface area contributed by atoms with Crippen molar-refractivity contribution in [2.24, 2.45) is 0 Å². The van der Waals surface area contributed by atoms with Gasteiger partial charge in [-0.2, -0.15) is 22.0 Å².